The fraction of sp³-hybridized carbons (Fsp3) is 0.0909. The number of para-hydroxylation sites is 1. The molecule has 0 unspecified atom stereocenters. The maximum atomic E-state index is 12.6. The quantitative estimate of drug-likeness (QED) is 0.779. The predicted octanol–water partition coefficient (Wildman–Crippen LogP) is 2.36. The number of halogens is 3. The summed E-state index contributed by atoms with van der Waals surface area (Å²) in [4.78, 5) is 23.9. The lowest BCUT2D eigenvalue weighted by molar-refractivity contribution is -0.136. The lowest BCUT2D eigenvalue weighted by Gasteiger charge is -2.09. The molecule has 17 heavy (non-hydrogen) atoms. The van der Waals surface area contributed by atoms with Gasteiger partial charge in [0.25, 0.3) is 5.56 Å². The summed E-state index contributed by atoms with van der Waals surface area (Å²) >= 11 is 0. The molecule has 0 amide bonds. The number of carbonyl (C=O) groups excluding carboxylic acids is 1. The fourth-order valence-corrected chi connectivity index (χ4v) is 1.57. The fourth-order valence-electron chi connectivity index (χ4n) is 1.57. The van der Waals surface area contributed by atoms with E-state index in [4.69, 9.17) is 0 Å². The highest BCUT2D eigenvalue weighted by atomic mass is 19.4. The Balaban J connectivity index is 2.87. The van der Waals surface area contributed by atoms with Gasteiger partial charge in [0.1, 0.15) is 0 Å². The summed E-state index contributed by atoms with van der Waals surface area (Å²) in [6, 6.07) is 4.63. The molecule has 0 aliphatic carbocycles. The van der Waals surface area contributed by atoms with Crippen LogP contribution in [0.15, 0.2) is 29.1 Å². The van der Waals surface area contributed by atoms with Gasteiger partial charge in [-0.1, -0.05) is 12.1 Å². The van der Waals surface area contributed by atoms with E-state index in [0.717, 1.165) is 12.1 Å². The number of hydrogen-bond acceptors (Lipinski definition) is 2. The zero-order valence-corrected chi connectivity index (χ0v) is 8.34. The highest BCUT2D eigenvalue weighted by Gasteiger charge is 2.32. The zero-order chi connectivity index (χ0) is 12.6. The summed E-state index contributed by atoms with van der Waals surface area (Å²) in [7, 11) is 0. The van der Waals surface area contributed by atoms with Crippen LogP contribution >= 0.6 is 0 Å². The third kappa shape index (κ3) is 1.93. The predicted molar refractivity (Wildman–Crippen MR) is 55.0 cm³/mol. The van der Waals surface area contributed by atoms with Crippen molar-refractivity contribution in [3.8, 4) is 0 Å². The Labute approximate surface area is 92.9 Å². The van der Waals surface area contributed by atoms with Crippen molar-refractivity contribution in [2.75, 3.05) is 0 Å². The van der Waals surface area contributed by atoms with Gasteiger partial charge in [0.15, 0.2) is 6.29 Å². The van der Waals surface area contributed by atoms with E-state index in [9.17, 15) is 22.8 Å². The van der Waals surface area contributed by atoms with E-state index < -0.39 is 17.3 Å². The average Bonchev–Trinajstić information content (AvgIpc) is 2.26. The van der Waals surface area contributed by atoms with Crippen LogP contribution in [0.25, 0.3) is 10.9 Å². The van der Waals surface area contributed by atoms with Crippen molar-refractivity contribution in [3.63, 3.8) is 0 Å². The number of aromatic amines is 1. The first kappa shape index (κ1) is 11.4. The van der Waals surface area contributed by atoms with Gasteiger partial charge in [-0.25, -0.2) is 0 Å². The monoisotopic (exact) mass is 241 g/mol. The number of hydrogen-bond donors (Lipinski definition) is 1. The molecule has 0 fully saturated rings. The molecule has 0 saturated carbocycles. The summed E-state index contributed by atoms with van der Waals surface area (Å²) in [5.74, 6) is 0. The molecule has 1 aromatic carbocycles. The van der Waals surface area contributed by atoms with E-state index >= 15 is 0 Å². The maximum Gasteiger partial charge on any atom is 0.418 e. The van der Waals surface area contributed by atoms with Crippen molar-refractivity contribution >= 4 is 17.2 Å². The number of alkyl halides is 3. The molecule has 0 radical (unpaired) electrons. The molecule has 1 aromatic heterocycles. The van der Waals surface area contributed by atoms with Crippen LogP contribution in [-0.2, 0) is 6.18 Å². The molecule has 0 aliphatic heterocycles. The first-order valence-corrected chi connectivity index (χ1v) is 4.62. The molecular weight excluding hydrogens is 235 g/mol. The smallest absolute Gasteiger partial charge is 0.321 e. The molecular formula is C11H6F3NO2. The van der Waals surface area contributed by atoms with Crippen LogP contribution < -0.4 is 5.56 Å². The van der Waals surface area contributed by atoms with E-state index in [2.05, 4.69) is 4.98 Å². The number of rotatable bonds is 1. The lowest BCUT2D eigenvalue weighted by Crippen LogP contribution is -2.14. The van der Waals surface area contributed by atoms with Crippen LogP contribution in [0.5, 0.6) is 0 Å². The van der Waals surface area contributed by atoms with Crippen LogP contribution in [0.3, 0.4) is 0 Å². The Hall–Kier alpha value is -2.11. The van der Waals surface area contributed by atoms with Gasteiger partial charge in [-0.3, -0.25) is 9.59 Å². The Kier molecular flexibility index (Phi) is 2.49. The minimum Gasteiger partial charge on any atom is -0.321 e. The first-order chi connectivity index (χ1) is 7.93. The number of aromatic nitrogens is 1. The van der Waals surface area contributed by atoms with E-state index in [1.54, 1.807) is 0 Å². The molecule has 2 aromatic rings. The largest absolute Gasteiger partial charge is 0.418 e. The molecule has 0 bridgehead atoms. The van der Waals surface area contributed by atoms with Crippen LogP contribution in [0, 0.1) is 0 Å². The van der Waals surface area contributed by atoms with Gasteiger partial charge in [-0.2, -0.15) is 13.2 Å². The van der Waals surface area contributed by atoms with Gasteiger partial charge in [-0.05, 0) is 17.5 Å². The standard InChI is InChI=1S/C11H6F3NO2/c12-11(13,14)8-3-1-2-6-4-7(5-16)10(17)15-9(6)8/h1-5H,(H,15,17). The number of fused-ring (bicyclic) bond motifs is 1. The van der Waals surface area contributed by atoms with E-state index in [-0.39, 0.29) is 16.5 Å². The van der Waals surface area contributed by atoms with Gasteiger partial charge in [0, 0.05) is 0 Å². The summed E-state index contributed by atoms with van der Waals surface area (Å²) in [5, 5.41) is 0.168. The molecule has 0 aliphatic rings. The Morgan fingerprint density at radius 3 is 2.53 bits per heavy atom. The van der Waals surface area contributed by atoms with Gasteiger partial charge >= 0.3 is 6.18 Å². The molecule has 0 saturated heterocycles. The van der Waals surface area contributed by atoms with E-state index in [0.29, 0.717) is 6.29 Å². The zero-order valence-electron chi connectivity index (χ0n) is 8.34. The lowest BCUT2D eigenvalue weighted by atomic mass is 10.1. The Bertz CT molecular complexity index is 643. The van der Waals surface area contributed by atoms with Gasteiger partial charge in [0.2, 0.25) is 0 Å². The summed E-state index contributed by atoms with van der Waals surface area (Å²) in [6.45, 7) is 0. The van der Waals surface area contributed by atoms with Crippen molar-refractivity contribution in [2.45, 2.75) is 6.18 Å². The summed E-state index contributed by atoms with van der Waals surface area (Å²) in [5.41, 5.74) is -2.26. The van der Waals surface area contributed by atoms with Crippen LogP contribution in [-0.4, -0.2) is 11.3 Å². The third-order valence-electron chi connectivity index (χ3n) is 2.34. The van der Waals surface area contributed by atoms with Crippen molar-refractivity contribution in [1.29, 1.82) is 0 Å². The molecule has 2 rings (SSSR count). The van der Waals surface area contributed by atoms with Crippen LogP contribution in [0.4, 0.5) is 13.2 Å². The van der Waals surface area contributed by atoms with Gasteiger partial charge in [0.05, 0.1) is 16.6 Å². The number of aldehydes is 1. The van der Waals surface area contributed by atoms with Crippen LogP contribution in [0.1, 0.15) is 15.9 Å². The van der Waals surface area contributed by atoms with Crippen molar-refractivity contribution in [3.05, 3.63) is 45.7 Å². The van der Waals surface area contributed by atoms with Gasteiger partial charge in [-0.15, -0.1) is 0 Å². The van der Waals surface area contributed by atoms with Gasteiger partial charge < -0.3 is 4.98 Å². The molecule has 6 heteroatoms. The highest BCUT2D eigenvalue weighted by Crippen LogP contribution is 2.33. The van der Waals surface area contributed by atoms with Crippen molar-refractivity contribution < 1.29 is 18.0 Å². The van der Waals surface area contributed by atoms with Crippen molar-refractivity contribution in [2.24, 2.45) is 0 Å². The summed E-state index contributed by atoms with van der Waals surface area (Å²) < 4.78 is 37.9. The van der Waals surface area contributed by atoms with Crippen molar-refractivity contribution in [1.82, 2.24) is 4.98 Å². The van der Waals surface area contributed by atoms with Crippen LogP contribution in [0.2, 0.25) is 0 Å². The number of carbonyl (C=O) groups is 1. The SMILES string of the molecule is O=Cc1cc2cccc(C(F)(F)F)c2[nH]c1=O. The normalized spacial score (nSPS) is 11.7. The molecule has 0 atom stereocenters. The minimum atomic E-state index is -4.55. The number of pyridine rings is 1. The molecule has 3 nitrogen and oxygen atoms in total. The minimum absolute atomic E-state index is 0.168. The van der Waals surface area contributed by atoms with E-state index in [1.807, 2.05) is 0 Å². The first-order valence-electron chi connectivity index (χ1n) is 4.62. The number of benzene rings is 1. The average molecular weight is 241 g/mol. The van der Waals surface area contributed by atoms with E-state index in [1.165, 1.54) is 12.1 Å². The Morgan fingerprint density at radius 1 is 1.24 bits per heavy atom. The number of nitrogens with one attached hydrogen (secondary N) is 1. The topological polar surface area (TPSA) is 49.9 Å². The molecule has 88 valence electrons. The number of H-pyrrole nitrogens is 1. The highest BCUT2D eigenvalue weighted by molar-refractivity contribution is 5.87. The second-order valence-electron chi connectivity index (χ2n) is 3.44. The molecule has 1 N–H and O–H groups in total. The molecule has 0 spiro atoms. The summed E-state index contributed by atoms with van der Waals surface area (Å²) in [6.07, 6.45) is -4.25. The molecule has 1 heterocycles. The Morgan fingerprint density at radius 2 is 1.94 bits per heavy atom. The second kappa shape index (κ2) is 3.73. The third-order valence-corrected chi connectivity index (χ3v) is 2.34. The maximum absolute atomic E-state index is 12.6. The second-order valence-corrected chi connectivity index (χ2v) is 3.44.